The third kappa shape index (κ3) is 2.49. The first-order chi connectivity index (χ1) is 7.65. The number of hydrogen-bond acceptors (Lipinski definition) is 3. The van der Waals surface area contributed by atoms with Gasteiger partial charge in [0, 0.05) is 19.0 Å². The average molecular weight is 225 g/mol. The number of carboxylic acid groups (broad SMARTS) is 1. The van der Waals surface area contributed by atoms with Gasteiger partial charge in [-0.1, -0.05) is 6.07 Å². The second-order valence-electron chi connectivity index (χ2n) is 3.73. The Hall–Kier alpha value is -1.62. The fourth-order valence-corrected chi connectivity index (χ4v) is 1.71. The third-order valence-corrected chi connectivity index (χ3v) is 2.49. The fraction of sp³-hybridized carbons (Fsp3) is 0.364. The van der Waals surface area contributed by atoms with E-state index in [2.05, 4.69) is 5.32 Å². The summed E-state index contributed by atoms with van der Waals surface area (Å²) in [5.41, 5.74) is 0. The highest BCUT2D eigenvalue weighted by molar-refractivity contribution is 5.73. The molecular weight excluding hydrogens is 213 g/mol. The number of hydrogen-bond donors (Lipinski definition) is 2. The summed E-state index contributed by atoms with van der Waals surface area (Å²) >= 11 is 0. The Morgan fingerprint density at radius 2 is 2.38 bits per heavy atom. The van der Waals surface area contributed by atoms with Gasteiger partial charge in [-0.2, -0.15) is 0 Å². The molecule has 0 aliphatic carbocycles. The quantitative estimate of drug-likeness (QED) is 0.806. The highest BCUT2D eigenvalue weighted by atomic mass is 19.1. The number of carboxylic acids is 1. The zero-order valence-electron chi connectivity index (χ0n) is 8.52. The van der Waals surface area contributed by atoms with Crippen molar-refractivity contribution in [2.24, 2.45) is 0 Å². The Morgan fingerprint density at radius 3 is 3.00 bits per heavy atom. The largest absolute Gasteiger partial charge is 0.489 e. The van der Waals surface area contributed by atoms with Gasteiger partial charge in [-0.15, -0.1) is 0 Å². The minimum Gasteiger partial charge on any atom is -0.489 e. The lowest BCUT2D eigenvalue weighted by Crippen LogP contribution is -2.30. The molecular formula is C11H12FNO3. The van der Waals surface area contributed by atoms with E-state index in [1.807, 2.05) is 0 Å². The van der Waals surface area contributed by atoms with Crippen molar-refractivity contribution in [2.75, 3.05) is 6.54 Å². The molecule has 0 unspecified atom stereocenters. The minimum atomic E-state index is -0.884. The molecule has 5 heteroatoms. The number of benzene rings is 1. The van der Waals surface area contributed by atoms with Crippen LogP contribution >= 0.6 is 0 Å². The van der Waals surface area contributed by atoms with Crippen molar-refractivity contribution < 1.29 is 19.0 Å². The molecule has 1 aliphatic rings. The van der Waals surface area contributed by atoms with Gasteiger partial charge in [0.15, 0.2) is 0 Å². The van der Waals surface area contributed by atoms with Crippen LogP contribution in [0.15, 0.2) is 24.3 Å². The molecule has 0 saturated carbocycles. The number of rotatable bonds is 3. The zero-order valence-corrected chi connectivity index (χ0v) is 8.52. The molecule has 1 fully saturated rings. The van der Waals surface area contributed by atoms with Crippen molar-refractivity contribution in [3.8, 4) is 5.75 Å². The van der Waals surface area contributed by atoms with E-state index in [-0.39, 0.29) is 11.9 Å². The number of nitrogens with one attached hydrogen (secondary N) is 1. The summed E-state index contributed by atoms with van der Waals surface area (Å²) in [5, 5.41) is 11.6. The summed E-state index contributed by atoms with van der Waals surface area (Å²) in [6.45, 7) is 0.466. The number of aliphatic carboxylic acids is 1. The van der Waals surface area contributed by atoms with Crippen molar-refractivity contribution in [2.45, 2.75) is 18.6 Å². The first-order valence-electron chi connectivity index (χ1n) is 5.03. The van der Waals surface area contributed by atoms with Gasteiger partial charge in [0.1, 0.15) is 23.7 Å². The predicted molar refractivity (Wildman–Crippen MR) is 54.9 cm³/mol. The van der Waals surface area contributed by atoms with E-state index in [1.54, 1.807) is 12.1 Å². The van der Waals surface area contributed by atoms with E-state index >= 15 is 0 Å². The predicted octanol–water partition coefficient (Wildman–Crippen LogP) is 1.02. The first-order valence-corrected chi connectivity index (χ1v) is 5.03. The highest BCUT2D eigenvalue weighted by Gasteiger charge is 2.30. The second-order valence-corrected chi connectivity index (χ2v) is 3.73. The Bertz CT molecular complexity index is 397. The van der Waals surface area contributed by atoms with Crippen molar-refractivity contribution in [1.82, 2.24) is 5.32 Å². The summed E-state index contributed by atoms with van der Waals surface area (Å²) in [4.78, 5) is 10.7. The molecule has 1 aromatic carbocycles. The molecule has 0 aromatic heterocycles. The van der Waals surface area contributed by atoms with Crippen LogP contribution in [-0.2, 0) is 4.79 Å². The third-order valence-electron chi connectivity index (χ3n) is 2.49. The van der Waals surface area contributed by atoms with Crippen LogP contribution in [0, 0.1) is 5.82 Å². The topological polar surface area (TPSA) is 58.6 Å². The lowest BCUT2D eigenvalue weighted by Gasteiger charge is -2.12. The molecule has 2 atom stereocenters. The minimum absolute atomic E-state index is 0.220. The summed E-state index contributed by atoms with van der Waals surface area (Å²) in [6.07, 6.45) is 0.175. The molecule has 4 nitrogen and oxygen atoms in total. The molecule has 0 amide bonds. The molecule has 0 radical (unpaired) electrons. The van der Waals surface area contributed by atoms with Crippen molar-refractivity contribution in [3.63, 3.8) is 0 Å². The maximum absolute atomic E-state index is 12.9. The van der Waals surface area contributed by atoms with Gasteiger partial charge in [0.05, 0.1) is 0 Å². The SMILES string of the molecule is O=C(O)[C@@H]1C[C@@H](Oc2cccc(F)c2)CN1. The number of ether oxygens (including phenoxy) is 1. The lowest BCUT2D eigenvalue weighted by atomic mass is 10.2. The monoisotopic (exact) mass is 225 g/mol. The van der Waals surface area contributed by atoms with Gasteiger partial charge < -0.3 is 15.2 Å². The van der Waals surface area contributed by atoms with Crippen LogP contribution in [0.3, 0.4) is 0 Å². The lowest BCUT2D eigenvalue weighted by molar-refractivity contribution is -0.139. The van der Waals surface area contributed by atoms with E-state index in [4.69, 9.17) is 9.84 Å². The summed E-state index contributed by atoms with van der Waals surface area (Å²) in [7, 11) is 0. The Morgan fingerprint density at radius 1 is 1.56 bits per heavy atom. The van der Waals surface area contributed by atoms with Crippen molar-refractivity contribution in [1.29, 1.82) is 0 Å². The van der Waals surface area contributed by atoms with E-state index in [0.29, 0.717) is 18.7 Å². The number of carbonyl (C=O) groups is 1. The molecule has 1 saturated heterocycles. The van der Waals surface area contributed by atoms with Gasteiger partial charge >= 0.3 is 5.97 Å². The van der Waals surface area contributed by atoms with Crippen LogP contribution in [0.4, 0.5) is 4.39 Å². The molecule has 0 spiro atoms. The van der Waals surface area contributed by atoms with Crippen LogP contribution in [0.1, 0.15) is 6.42 Å². The van der Waals surface area contributed by atoms with Crippen LogP contribution in [-0.4, -0.2) is 29.8 Å². The first kappa shape index (κ1) is 10.9. The van der Waals surface area contributed by atoms with Crippen LogP contribution < -0.4 is 10.1 Å². The smallest absolute Gasteiger partial charge is 0.320 e. The maximum Gasteiger partial charge on any atom is 0.320 e. The van der Waals surface area contributed by atoms with Crippen LogP contribution in [0.2, 0.25) is 0 Å². The molecule has 2 N–H and O–H groups in total. The zero-order chi connectivity index (χ0) is 11.5. The van der Waals surface area contributed by atoms with Gasteiger partial charge in [-0.3, -0.25) is 4.79 Å². The summed E-state index contributed by atoms with van der Waals surface area (Å²) in [6, 6.07) is 5.26. The molecule has 86 valence electrons. The second kappa shape index (κ2) is 4.49. The molecule has 16 heavy (non-hydrogen) atoms. The van der Waals surface area contributed by atoms with Gasteiger partial charge in [0.2, 0.25) is 0 Å². The normalized spacial score (nSPS) is 24.3. The Kier molecular flexibility index (Phi) is 3.05. The van der Waals surface area contributed by atoms with Gasteiger partial charge in [0.25, 0.3) is 0 Å². The van der Waals surface area contributed by atoms with E-state index in [9.17, 15) is 9.18 Å². The van der Waals surface area contributed by atoms with Crippen molar-refractivity contribution in [3.05, 3.63) is 30.1 Å². The van der Waals surface area contributed by atoms with Gasteiger partial charge in [-0.05, 0) is 12.1 Å². The van der Waals surface area contributed by atoms with E-state index in [0.717, 1.165) is 0 Å². The van der Waals surface area contributed by atoms with Crippen LogP contribution in [0.5, 0.6) is 5.75 Å². The van der Waals surface area contributed by atoms with E-state index in [1.165, 1.54) is 12.1 Å². The molecule has 1 aliphatic heterocycles. The Balaban J connectivity index is 1.94. The number of halogens is 1. The average Bonchev–Trinajstić information content (AvgIpc) is 2.66. The Labute approximate surface area is 92.0 Å². The maximum atomic E-state index is 12.9. The summed E-state index contributed by atoms with van der Waals surface area (Å²) in [5.74, 6) is -0.818. The molecule has 1 heterocycles. The summed E-state index contributed by atoms with van der Waals surface area (Å²) < 4.78 is 18.3. The standard InChI is InChI=1S/C11H12FNO3/c12-7-2-1-3-8(4-7)16-9-5-10(11(14)15)13-6-9/h1-4,9-10,13H,5-6H2,(H,14,15)/t9-,10+/m1/s1. The van der Waals surface area contributed by atoms with E-state index < -0.39 is 12.0 Å². The molecule has 1 aromatic rings. The molecule has 0 bridgehead atoms. The highest BCUT2D eigenvalue weighted by Crippen LogP contribution is 2.18. The molecule has 2 rings (SSSR count). The van der Waals surface area contributed by atoms with Gasteiger partial charge in [-0.25, -0.2) is 4.39 Å². The van der Waals surface area contributed by atoms with Crippen molar-refractivity contribution >= 4 is 5.97 Å². The fourth-order valence-electron chi connectivity index (χ4n) is 1.71. The van der Waals surface area contributed by atoms with Crippen LogP contribution in [0.25, 0.3) is 0 Å².